The fourth-order valence-corrected chi connectivity index (χ4v) is 1.84. The van der Waals surface area contributed by atoms with Crippen LogP contribution in [0.25, 0.3) is 0 Å². The first kappa shape index (κ1) is 16.9. The molecule has 1 atom stereocenters. The summed E-state index contributed by atoms with van der Waals surface area (Å²) in [6.45, 7) is 8.09. The van der Waals surface area contributed by atoms with Crippen LogP contribution in [0, 0.1) is 19.8 Å². The quantitative estimate of drug-likeness (QED) is 0.884. The number of benzene rings is 1. The highest BCUT2D eigenvalue weighted by molar-refractivity contribution is 5.95. The van der Waals surface area contributed by atoms with E-state index < -0.39 is 6.04 Å². The van der Waals surface area contributed by atoms with Crippen molar-refractivity contribution in [1.29, 1.82) is 0 Å². The van der Waals surface area contributed by atoms with Crippen LogP contribution in [0.3, 0.4) is 0 Å². The zero-order chi connectivity index (χ0) is 13.0. The summed E-state index contributed by atoms with van der Waals surface area (Å²) in [6.07, 6.45) is 0.705. The van der Waals surface area contributed by atoms with E-state index in [9.17, 15) is 4.79 Å². The summed E-state index contributed by atoms with van der Waals surface area (Å²) in [6, 6.07) is 5.51. The number of anilines is 1. The number of halogens is 1. The van der Waals surface area contributed by atoms with E-state index in [0.717, 1.165) is 16.8 Å². The second-order valence-electron chi connectivity index (χ2n) is 4.99. The van der Waals surface area contributed by atoms with Gasteiger partial charge in [-0.3, -0.25) is 4.79 Å². The first-order chi connectivity index (χ1) is 7.91. The summed E-state index contributed by atoms with van der Waals surface area (Å²) in [5.74, 6) is 0.324. The molecule has 1 aromatic rings. The largest absolute Gasteiger partial charge is 0.324 e. The van der Waals surface area contributed by atoms with Crippen LogP contribution in [0.4, 0.5) is 5.69 Å². The maximum absolute atomic E-state index is 11.9. The molecule has 1 rings (SSSR count). The zero-order valence-electron chi connectivity index (χ0n) is 11.5. The molecule has 0 aliphatic carbocycles. The maximum atomic E-state index is 11.9. The number of hydrogen-bond acceptors (Lipinski definition) is 2. The average molecular weight is 271 g/mol. The van der Waals surface area contributed by atoms with Crippen LogP contribution in [0.15, 0.2) is 18.2 Å². The molecule has 3 nitrogen and oxygen atoms in total. The highest BCUT2D eigenvalue weighted by Crippen LogP contribution is 2.19. The molecule has 102 valence electrons. The number of nitrogens with two attached hydrogens (primary N) is 1. The van der Waals surface area contributed by atoms with Gasteiger partial charge >= 0.3 is 0 Å². The molecule has 1 aromatic carbocycles. The number of carbonyl (C=O) groups excluding carboxylic acids is 1. The number of aryl methyl sites for hydroxylation is 2. The monoisotopic (exact) mass is 270 g/mol. The zero-order valence-corrected chi connectivity index (χ0v) is 12.3. The van der Waals surface area contributed by atoms with Crippen LogP contribution in [0.1, 0.15) is 31.4 Å². The van der Waals surface area contributed by atoms with Crippen molar-refractivity contribution < 1.29 is 4.79 Å². The highest BCUT2D eigenvalue weighted by Gasteiger charge is 2.16. The van der Waals surface area contributed by atoms with Gasteiger partial charge in [-0.15, -0.1) is 12.4 Å². The lowest BCUT2D eigenvalue weighted by molar-refractivity contribution is -0.117. The minimum absolute atomic E-state index is 0. The van der Waals surface area contributed by atoms with Crippen molar-refractivity contribution in [3.05, 3.63) is 29.3 Å². The average Bonchev–Trinajstić information content (AvgIpc) is 2.22. The topological polar surface area (TPSA) is 55.1 Å². The molecule has 0 fully saturated rings. The van der Waals surface area contributed by atoms with Gasteiger partial charge in [0.1, 0.15) is 0 Å². The summed E-state index contributed by atoms with van der Waals surface area (Å²) in [5.41, 5.74) is 8.87. The van der Waals surface area contributed by atoms with Crippen LogP contribution in [0.5, 0.6) is 0 Å². The van der Waals surface area contributed by atoms with Crippen LogP contribution in [-0.2, 0) is 4.79 Å². The van der Waals surface area contributed by atoms with Gasteiger partial charge in [0.05, 0.1) is 6.04 Å². The normalized spacial score (nSPS) is 11.9. The third-order valence-corrected chi connectivity index (χ3v) is 2.79. The van der Waals surface area contributed by atoms with Crippen molar-refractivity contribution in [1.82, 2.24) is 0 Å². The van der Waals surface area contributed by atoms with Gasteiger partial charge in [0, 0.05) is 5.69 Å². The molecule has 0 spiro atoms. The molecule has 3 N–H and O–H groups in total. The first-order valence-corrected chi connectivity index (χ1v) is 6.04. The lowest BCUT2D eigenvalue weighted by atomic mass is 10.0. The Morgan fingerprint density at radius 1 is 1.28 bits per heavy atom. The Bertz CT molecular complexity index is 385. The van der Waals surface area contributed by atoms with E-state index in [4.69, 9.17) is 5.73 Å². The molecule has 0 aliphatic rings. The second kappa shape index (κ2) is 7.39. The molecular weight excluding hydrogens is 248 g/mol. The van der Waals surface area contributed by atoms with Crippen molar-refractivity contribution in [2.45, 2.75) is 40.2 Å². The van der Waals surface area contributed by atoms with Gasteiger partial charge in [0.25, 0.3) is 0 Å². The fraction of sp³-hybridized carbons (Fsp3) is 0.500. The molecule has 1 amide bonds. The number of para-hydroxylation sites is 1. The van der Waals surface area contributed by atoms with Crippen LogP contribution in [-0.4, -0.2) is 11.9 Å². The van der Waals surface area contributed by atoms with Crippen LogP contribution < -0.4 is 11.1 Å². The van der Waals surface area contributed by atoms with Crippen LogP contribution >= 0.6 is 12.4 Å². The van der Waals surface area contributed by atoms with E-state index in [0.29, 0.717) is 12.3 Å². The Kier molecular flexibility index (Phi) is 6.96. The molecular formula is C14H23ClN2O. The second-order valence-corrected chi connectivity index (χ2v) is 4.99. The van der Waals surface area contributed by atoms with E-state index in [-0.39, 0.29) is 18.3 Å². The molecule has 0 aromatic heterocycles. The van der Waals surface area contributed by atoms with Crippen molar-refractivity contribution in [2.24, 2.45) is 11.7 Å². The Morgan fingerprint density at radius 3 is 2.22 bits per heavy atom. The fourth-order valence-electron chi connectivity index (χ4n) is 1.84. The van der Waals surface area contributed by atoms with Crippen molar-refractivity contribution in [2.75, 3.05) is 5.32 Å². The number of carbonyl (C=O) groups is 1. The van der Waals surface area contributed by atoms with E-state index >= 15 is 0 Å². The summed E-state index contributed by atoms with van der Waals surface area (Å²) >= 11 is 0. The molecule has 0 bridgehead atoms. The smallest absolute Gasteiger partial charge is 0.241 e. The predicted octanol–water partition coefficient (Wildman–Crippen LogP) is 3.04. The maximum Gasteiger partial charge on any atom is 0.241 e. The van der Waals surface area contributed by atoms with E-state index in [2.05, 4.69) is 19.2 Å². The van der Waals surface area contributed by atoms with Crippen LogP contribution in [0.2, 0.25) is 0 Å². The number of rotatable bonds is 4. The number of amides is 1. The Balaban J connectivity index is 0.00000289. The number of nitrogens with one attached hydrogen (secondary N) is 1. The minimum atomic E-state index is -0.436. The van der Waals surface area contributed by atoms with E-state index in [1.807, 2.05) is 32.0 Å². The van der Waals surface area contributed by atoms with Gasteiger partial charge in [-0.25, -0.2) is 0 Å². The lowest BCUT2D eigenvalue weighted by Crippen LogP contribution is -2.37. The molecule has 0 radical (unpaired) electrons. The molecule has 0 heterocycles. The summed E-state index contributed by atoms with van der Waals surface area (Å²) in [5, 5.41) is 2.92. The van der Waals surface area contributed by atoms with Crippen molar-refractivity contribution >= 4 is 24.0 Å². The molecule has 0 unspecified atom stereocenters. The van der Waals surface area contributed by atoms with Crippen molar-refractivity contribution in [3.63, 3.8) is 0 Å². The Labute approximate surface area is 116 Å². The number of hydrogen-bond donors (Lipinski definition) is 2. The van der Waals surface area contributed by atoms with Gasteiger partial charge in [0.15, 0.2) is 0 Å². The summed E-state index contributed by atoms with van der Waals surface area (Å²) in [7, 11) is 0. The SMILES string of the molecule is Cc1cccc(C)c1NC(=O)[C@H](N)CC(C)C.Cl. The summed E-state index contributed by atoms with van der Waals surface area (Å²) < 4.78 is 0. The molecule has 0 saturated heterocycles. The third-order valence-electron chi connectivity index (χ3n) is 2.79. The van der Waals surface area contributed by atoms with Gasteiger partial charge in [-0.2, -0.15) is 0 Å². The molecule has 4 heteroatoms. The van der Waals surface area contributed by atoms with Gasteiger partial charge in [-0.1, -0.05) is 32.0 Å². The Hall–Kier alpha value is -1.06. The van der Waals surface area contributed by atoms with Gasteiger partial charge < -0.3 is 11.1 Å². The standard InChI is InChI=1S/C14H22N2O.ClH/c1-9(2)8-12(15)14(17)16-13-10(3)6-5-7-11(13)4;/h5-7,9,12H,8,15H2,1-4H3,(H,16,17);1H/t12-;/m1./s1. The van der Waals surface area contributed by atoms with E-state index in [1.165, 1.54) is 0 Å². The lowest BCUT2D eigenvalue weighted by Gasteiger charge is -2.16. The molecule has 0 aliphatic heterocycles. The Morgan fingerprint density at radius 2 is 1.78 bits per heavy atom. The highest BCUT2D eigenvalue weighted by atomic mass is 35.5. The molecule has 0 saturated carbocycles. The first-order valence-electron chi connectivity index (χ1n) is 6.04. The minimum Gasteiger partial charge on any atom is -0.324 e. The van der Waals surface area contributed by atoms with Gasteiger partial charge in [-0.05, 0) is 37.3 Å². The predicted molar refractivity (Wildman–Crippen MR) is 79.2 cm³/mol. The molecule has 18 heavy (non-hydrogen) atoms. The van der Waals surface area contributed by atoms with E-state index in [1.54, 1.807) is 0 Å². The van der Waals surface area contributed by atoms with Crippen molar-refractivity contribution in [3.8, 4) is 0 Å². The van der Waals surface area contributed by atoms with Gasteiger partial charge in [0.2, 0.25) is 5.91 Å². The third kappa shape index (κ3) is 4.67. The summed E-state index contributed by atoms with van der Waals surface area (Å²) in [4.78, 5) is 11.9.